The molecule has 2 aromatic carbocycles. The van der Waals surface area contributed by atoms with Crippen molar-refractivity contribution in [2.24, 2.45) is 0 Å². The third-order valence-electron chi connectivity index (χ3n) is 3.69. The fraction of sp³-hybridized carbons (Fsp3) is 0.118. The number of benzene rings is 2. The molecule has 5 heteroatoms. The van der Waals surface area contributed by atoms with E-state index >= 15 is 0 Å². The van der Waals surface area contributed by atoms with Gasteiger partial charge < -0.3 is 9.52 Å². The summed E-state index contributed by atoms with van der Waals surface area (Å²) in [6, 6.07) is 8.95. The van der Waals surface area contributed by atoms with Gasteiger partial charge in [-0.2, -0.15) is 0 Å². The zero-order valence-corrected chi connectivity index (χ0v) is 12.4. The first-order chi connectivity index (χ1) is 10.5. The molecule has 0 amide bonds. The van der Waals surface area contributed by atoms with E-state index in [1.54, 1.807) is 19.1 Å². The van der Waals surface area contributed by atoms with Crippen LogP contribution in [0.25, 0.3) is 11.0 Å². The molecule has 0 aliphatic rings. The zero-order chi connectivity index (χ0) is 15.9. The van der Waals surface area contributed by atoms with E-state index in [-0.39, 0.29) is 22.8 Å². The van der Waals surface area contributed by atoms with Crippen LogP contribution < -0.4 is 5.63 Å². The number of aromatic hydroxyl groups is 1. The number of phenolic OH excluding ortho intramolecular Hbond substituents is 1. The smallest absolute Gasteiger partial charge is 0.340 e. The average Bonchev–Trinajstić information content (AvgIpc) is 2.45. The summed E-state index contributed by atoms with van der Waals surface area (Å²) in [7, 11) is 0. The van der Waals surface area contributed by atoms with E-state index in [0.717, 1.165) is 0 Å². The summed E-state index contributed by atoms with van der Waals surface area (Å²) in [4.78, 5) is 12.2. The van der Waals surface area contributed by atoms with Crippen LogP contribution in [-0.4, -0.2) is 5.11 Å². The van der Waals surface area contributed by atoms with Gasteiger partial charge in [-0.05, 0) is 36.8 Å². The van der Waals surface area contributed by atoms with Crippen LogP contribution in [0, 0.1) is 12.7 Å². The molecule has 0 saturated heterocycles. The van der Waals surface area contributed by atoms with Gasteiger partial charge in [-0.15, -0.1) is 0 Å². The Hall–Kier alpha value is -2.33. The Morgan fingerprint density at radius 3 is 2.73 bits per heavy atom. The molecule has 3 aromatic rings. The van der Waals surface area contributed by atoms with Gasteiger partial charge in [0.15, 0.2) is 0 Å². The molecule has 1 N–H and O–H groups in total. The van der Waals surface area contributed by atoms with Crippen LogP contribution in [0.4, 0.5) is 4.39 Å². The van der Waals surface area contributed by atoms with Gasteiger partial charge in [0.2, 0.25) is 0 Å². The van der Waals surface area contributed by atoms with Gasteiger partial charge in [0, 0.05) is 34.0 Å². The highest BCUT2D eigenvalue weighted by Crippen LogP contribution is 2.27. The Bertz CT molecular complexity index is 911. The maximum Gasteiger partial charge on any atom is 0.340 e. The van der Waals surface area contributed by atoms with Gasteiger partial charge in [0.05, 0.1) is 0 Å². The van der Waals surface area contributed by atoms with Gasteiger partial charge in [0.25, 0.3) is 0 Å². The lowest BCUT2D eigenvalue weighted by Gasteiger charge is -2.10. The summed E-state index contributed by atoms with van der Waals surface area (Å²) < 4.78 is 19.1. The number of phenols is 1. The van der Waals surface area contributed by atoms with Crippen LogP contribution in [0.5, 0.6) is 5.75 Å². The van der Waals surface area contributed by atoms with Crippen molar-refractivity contribution < 1.29 is 13.9 Å². The fourth-order valence-corrected chi connectivity index (χ4v) is 2.69. The summed E-state index contributed by atoms with van der Waals surface area (Å²) in [5.74, 6) is -0.447. The third-order valence-corrected chi connectivity index (χ3v) is 4.04. The SMILES string of the molecule is Cc1c(Cc2c(F)cccc2Cl)c(=O)oc2cc(O)ccc12. The molecule has 3 nitrogen and oxygen atoms in total. The van der Waals surface area contributed by atoms with Gasteiger partial charge in [-0.1, -0.05) is 17.7 Å². The van der Waals surface area contributed by atoms with Crippen molar-refractivity contribution >= 4 is 22.6 Å². The number of hydrogen-bond donors (Lipinski definition) is 1. The summed E-state index contributed by atoms with van der Waals surface area (Å²) in [6.45, 7) is 1.76. The molecular weight excluding hydrogens is 307 g/mol. The predicted molar refractivity (Wildman–Crippen MR) is 83.1 cm³/mol. The predicted octanol–water partition coefficient (Wildman–Crippen LogP) is 4.19. The maximum atomic E-state index is 13.9. The molecule has 0 saturated carbocycles. The third kappa shape index (κ3) is 2.46. The number of fused-ring (bicyclic) bond motifs is 1. The fourth-order valence-electron chi connectivity index (χ4n) is 2.47. The lowest BCUT2D eigenvalue weighted by atomic mass is 9.99. The molecule has 0 aliphatic carbocycles. The van der Waals surface area contributed by atoms with E-state index in [1.165, 1.54) is 24.3 Å². The van der Waals surface area contributed by atoms with E-state index in [9.17, 15) is 14.3 Å². The second-order valence-corrected chi connectivity index (χ2v) is 5.46. The first-order valence-corrected chi connectivity index (χ1v) is 7.03. The molecule has 1 heterocycles. The van der Waals surface area contributed by atoms with Gasteiger partial charge in [-0.25, -0.2) is 9.18 Å². The lowest BCUT2D eigenvalue weighted by Crippen LogP contribution is -2.11. The molecule has 112 valence electrons. The minimum Gasteiger partial charge on any atom is -0.508 e. The first kappa shape index (κ1) is 14.6. The highest BCUT2D eigenvalue weighted by Gasteiger charge is 2.16. The summed E-state index contributed by atoms with van der Waals surface area (Å²) in [6.07, 6.45) is 0.0521. The number of halogens is 2. The number of aryl methyl sites for hydroxylation is 1. The van der Waals surface area contributed by atoms with E-state index in [1.807, 2.05) is 0 Å². The molecule has 0 atom stereocenters. The van der Waals surface area contributed by atoms with Crippen LogP contribution in [0.3, 0.4) is 0 Å². The van der Waals surface area contributed by atoms with Crippen molar-refractivity contribution in [3.05, 3.63) is 74.3 Å². The second kappa shape index (κ2) is 5.46. The molecular formula is C17H12ClFO3. The molecule has 0 spiro atoms. The second-order valence-electron chi connectivity index (χ2n) is 5.05. The topological polar surface area (TPSA) is 50.4 Å². The summed E-state index contributed by atoms with van der Waals surface area (Å²) in [5.41, 5.74) is 1.04. The van der Waals surface area contributed by atoms with Gasteiger partial charge >= 0.3 is 5.63 Å². The molecule has 22 heavy (non-hydrogen) atoms. The minimum absolute atomic E-state index is 0.0138. The van der Waals surface area contributed by atoms with Crippen molar-refractivity contribution in [3.8, 4) is 5.75 Å². The lowest BCUT2D eigenvalue weighted by molar-refractivity contribution is 0.472. The van der Waals surface area contributed by atoms with Crippen molar-refractivity contribution in [1.29, 1.82) is 0 Å². The van der Waals surface area contributed by atoms with E-state index in [0.29, 0.717) is 22.1 Å². The molecule has 0 fully saturated rings. The van der Waals surface area contributed by atoms with Crippen LogP contribution in [0.1, 0.15) is 16.7 Å². The minimum atomic E-state index is -0.560. The first-order valence-electron chi connectivity index (χ1n) is 6.65. The normalized spacial score (nSPS) is 11.0. The Balaban J connectivity index is 2.20. The maximum absolute atomic E-state index is 13.9. The monoisotopic (exact) mass is 318 g/mol. The van der Waals surface area contributed by atoms with Crippen molar-refractivity contribution in [2.45, 2.75) is 13.3 Å². The Morgan fingerprint density at radius 1 is 1.23 bits per heavy atom. The Kier molecular flexibility index (Phi) is 3.62. The van der Waals surface area contributed by atoms with Crippen LogP contribution >= 0.6 is 11.6 Å². The highest BCUT2D eigenvalue weighted by molar-refractivity contribution is 6.31. The van der Waals surface area contributed by atoms with Crippen molar-refractivity contribution in [3.63, 3.8) is 0 Å². The molecule has 0 unspecified atom stereocenters. The van der Waals surface area contributed by atoms with Crippen molar-refractivity contribution in [2.75, 3.05) is 0 Å². The number of rotatable bonds is 2. The van der Waals surface area contributed by atoms with E-state index < -0.39 is 11.4 Å². The standard InChI is InChI=1S/C17H12ClFO3/c1-9-11-6-5-10(20)7-16(11)22-17(21)12(9)8-13-14(18)3-2-4-15(13)19/h2-7,20H,8H2,1H3. The number of hydrogen-bond acceptors (Lipinski definition) is 3. The van der Waals surface area contributed by atoms with Gasteiger partial charge in [-0.3, -0.25) is 0 Å². The van der Waals surface area contributed by atoms with E-state index in [4.69, 9.17) is 16.0 Å². The molecule has 0 aliphatic heterocycles. The molecule has 0 bridgehead atoms. The quantitative estimate of drug-likeness (QED) is 0.721. The highest BCUT2D eigenvalue weighted by atomic mass is 35.5. The Morgan fingerprint density at radius 2 is 2.00 bits per heavy atom. The molecule has 3 rings (SSSR count). The van der Waals surface area contributed by atoms with Crippen LogP contribution in [0.15, 0.2) is 45.6 Å². The summed E-state index contributed by atoms with van der Waals surface area (Å²) >= 11 is 6.02. The molecule has 1 aromatic heterocycles. The average molecular weight is 319 g/mol. The summed E-state index contributed by atoms with van der Waals surface area (Å²) in [5, 5.41) is 10.4. The van der Waals surface area contributed by atoms with Gasteiger partial charge in [0.1, 0.15) is 17.1 Å². The molecule has 0 radical (unpaired) electrons. The van der Waals surface area contributed by atoms with Crippen molar-refractivity contribution in [1.82, 2.24) is 0 Å². The van der Waals surface area contributed by atoms with Crippen LogP contribution in [0.2, 0.25) is 5.02 Å². The zero-order valence-electron chi connectivity index (χ0n) is 11.7. The van der Waals surface area contributed by atoms with E-state index in [2.05, 4.69) is 0 Å². The largest absolute Gasteiger partial charge is 0.508 e. The Labute approximate surface area is 130 Å². The van der Waals surface area contributed by atoms with Crippen LogP contribution in [-0.2, 0) is 6.42 Å².